The monoisotopic (exact) mass is 410 g/mol. The van der Waals surface area contributed by atoms with Crippen LogP contribution < -0.4 is 0 Å². The fourth-order valence-electron chi connectivity index (χ4n) is 5.39. The molecule has 1 fully saturated rings. The van der Waals surface area contributed by atoms with Gasteiger partial charge in [-0.3, -0.25) is 0 Å². The standard InChI is InChI=1S/C25H35FN4/c1-4-5-11-25(29(2)3)12-8-19(9-13-25)24-21(10-15-30-16-14-27-18-30)22-17-20(26)6-7-23(22)28-24/h6-7,14,16-19,28H,4-5,8-13,15H2,1-3H3. The molecule has 4 nitrogen and oxygen atoms in total. The van der Waals surface area contributed by atoms with Gasteiger partial charge in [-0.25, -0.2) is 9.37 Å². The fraction of sp³-hybridized carbons (Fsp3) is 0.560. The Labute approximate surface area is 179 Å². The predicted molar refractivity (Wildman–Crippen MR) is 121 cm³/mol. The molecule has 0 aliphatic heterocycles. The summed E-state index contributed by atoms with van der Waals surface area (Å²) in [6.45, 7) is 3.15. The van der Waals surface area contributed by atoms with Crippen molar-refractivity contribution in [3.05, 3.63) is 54.0 Å². The summed E-state index contributed by atoms with van der Waals surface area (Å²) in [5.41, 5.74) is 4.01. The number of aryl methyl sites for hydroxylation is 2. The van der Waals surface area contributed by atoms with Crippen LogP contribution in [0, 0.1) is 5.82 Å². The van der Waals surface area contributed by atoms with Crippen molar-refractivity contribution < 1.29 is 4.39 Å². The van der Waals surface area contributed by atoms with E-state index in [9.17, 15) is 4.39 Å². The largest absolute Gasteiger partial charge is 0.358 e. The first-order valence-corrected chi connectivity index (χ1v) is 11.5. The number of hydrogen-bond acceptors (Lipinski definition) is 2. The summed E-state index contributed by atoms with van der Waals surface area (Å²) < 4.78 is 16.2. The number of aromatic nitrogens is 3. The lowest BCUT2D eigenvalue weighted by atomic mass is 9.72. The summed E-state index contributed by atoms with van der Waals surface area (Å²) in [4.78, 5) is 10.3. The van der Waals surface area contributed by atoms with Gasteiger partial charge >= 0.3 is 0 Å². The van der Waals surface area contributed by atoms with E-state index in [1.165, 1.54) is 56.2 Å². The number of nitrogens with one attached hydrogen (secondary N) is 1. The highest BCUT2D eigenvalue weighted by Crippen LogP contribution is 2.44. The first kappa shape index (κ1) is 21.1. The van der Waals surface area contributed by atoms with E-state index in [0.29, 0.717) is 11.5 Å². The number of fused-ring (bicyclic) bond motifs is 1. The molecule has 30 heavy (non-hydrogen) atoms. The van der Waals surface area contributed by atoms with Gasteiger partial charge in [0.1, 0.15) is 5.82 Å². The molecular weight excluding hydrogens is 375 g/mol. The lowest BCUT2D eigenvalue weighted by Crippen LogP contribution is -2.46. The van der Waals surface area contributed by atoms with Gasteiger partial charge in [0, 0.05) is 41.1 Å². The van der Waals surface area contributed by atoms with Crippen molar-refractivity contribution in [2.45, 2.75) is 76.3 Å². The quantitative estimate of drug-likeness (QED) is 0.502. The smallest absolute Gasteiger partial charge is 0.123 e. The summed E-state index contributed by atoms with van der Waals surface area (Å²) in [6, 6.07) is 5.15. The Balaban J connectivity index is 1.59. The van der Waals surface area contributed by atoms with E-state index in [1.807, 2.05) is 24.8 Å². The zero-order valence-electron chi connectivity index (χ0n) is 18.6. The van der Waals surface area contributed by atoms with E-state index in [1.54, 1.807) is 12.1 Å². The fourth-order valence-corrected chi connectivity index (χ4v) is 5.39. The van der Waals surface area contributed by atoms with Crippen molar-refractivity contribution in [3.63, 3.8) is 0 Å². The number of imidazole rings is 1. The number of rotatable bonds is 8. The van der Waals surface area contributed by atoms with Crippen LogP contribution in [0.3, 0.4) is 0 Å². The third-order valence-corrected chi connectivity index (χ3v) is 7.35. The molecule has 1 aliphatic carbocycles. The Morgan fingerprint density at radius 2 is 2.07 bits per heavy atom. The molecule has 0 spiro atoms. The van der Waals surface area contributed by atoms with Crippen LogP contribution in [-0.4, -0.2) is 39.1 Å². The molecule has 162 valence electrons. The number of unbranched alkanes of at least 4 members (excludes halogenated alkanes) is 1. The number of benzene rings is 1. The Bertz CT molecular complexity index is 949. The minimum Gasteiger partial charge on any atom is -0.358 e. The van der Waals surface area contributed by atoms with Gasteiger partial charge in [-0.05, 0) is 82.3 Å². The highest BCUT2D eigenvalue weighted by Gasteiger charge is 2.37. The van der Waals surface area contributed by atoms with Gasteiger partial charge < -0.3 is 14.5 Å². The van der Waals surface area contributed by atoms with E-state index >= 15 is 0 Å². The van der Waals surface area contributed by atoms with Crippen LogP contribution in [-0.2, 0) is 13.0 Å². The van der Waals surface area contributed by atoms with Crippen molar-refractivity contribution in [1.82, 2.24) is 19.4 Å². The van der Waals surface area contributed by atoms with E-state index in [2.05, 4.69) is 40.5 Å². The molecule has 2 aromatic heterocycles. The molecule has 0 saturated heterocycles. The Hall–Kier alpha value is -2.14. The van der Waals surface area contributed by atoms with Gasteiger partial charge in [0.2, 0.25) is 0 Å². The number of hydrogen-bond donors (Lipinski definition) is 1. The lowest BCUT2D eigenvalue weighted by molar-refractivity contribution is 0.0802. The zero-order valence-corrected chi connectivity index (χ0v) is 18.6. The Kier molecular flexibility index (Phi) is 6.28. The molecule has 4 rings (SSSR count). The maximum Gasteiger partial charge on any atom is 0.123 e. The molecule has 1 aliphatic rings. The molecule has 0 radical (unpaired) electrons. The molecule has 0 amide bonds. The van der Waals surface area contributed by atoms with Crippen molar-refractivity contribution in [1.29, 1.82) is 0 Å². The summed E-state index contributed by atoms with van der Waals surface area (Å²) in [5, 5.41) is 1.04. The lowest BCUT2D eigenvalue weighted by Gasteiger charge is -2.45. The van der Waals surface area contributed by atoms with Gasteiger partial charge in [0.25, 0.3) is 0 Å². The summed E-state index contributed by atoms with van der Waals surface area (Å²) >= 11 is 0. The molecule has 3 aromatic rings. The molecule has 1 saturated carbocycles. The number of H-pyrrole nitrogens is 1. The molecule has 0 atom stereocenters. The molecule has 2 heterocycles. The van der Waals surface area contributed by atoms with Crippen LogP contribution in [0.5, 0.6) is 0 Å². The van der Waals surface area contributed by atoms with Crippen LogP contribution in [0.15, 0.2) is 36.9 Å². The summed E-state index contributed by atoms with van der Waals surface area (Å²) in [7, 11) is 4.50. The van der Waals surface area contributed by atoms with Crippen LogP contribution in [0.25, 0.3) is 10.9 Å². The predicted octanol–water partition coefficient (Wildman–Crippen LogP) is 5.89. The maximum atomic E-state index is 14.1. The third kappa shape index (κ3) is 4.18. The minimum absolute atomic E-state index is 0.160. The molecule has 1 aromatic carbocycles. The average Bonchev–Trinajstić information content (AvgIpc) is 3.38. The summed E-state index contributed by atoms with van der Waals surface area (Å²) in [5.74, 6) is 0.361. The van der Waals surface area contributed by atoms with Crippen molar-refractivity contribution >= 4 is 10.9 Å². The van der Waals surface area contributed by atoms with E-state index in [0.717, 1.165) is 23.9 Å². The van der Waals surface area contributed by atoms with Crippen molar-refractivity contribution in [2.24, 2.45) is 0 Å². The average molecular weight is 411 g/mol. The second kappa shape index (κ2) is 8.93. The maximum absolute atomic E-state index is 14.1. The molecular formula is C25H35FN4. The SMILES string of the molecule is CCCCC1(N(C)C)CCC(c2[nH]c3ccc(F)cc3c2CCn2ccnc2)CC1. The molecule has 5 heteroatoms. The van der Waals surface area contributed by atoms with E-state index in [4.69, 9.17) is 0 Å². The van der Waals surface area contributed by atoms with Gasteiger partial charge in [-0.15, -0.1) is 0 Å². The second-order valence-electron chi connectivity index (χ2n) is 9.25. The van der Waals surface area contributed by atoms with Crippen molar-refractivity contribution in [3.8, 4) is 0 Å². The number of aromatic amines is 1. The topological polar surface area (TPSA) is 36.9 Å². The highest BCUT2D eigenvalue weighted by atomic mass is 19.1. The second-order valence-corrected chi connectivity index (χ2v) is 9.25. The highest BCUT2D eigenvalue weighted by molar-refractivity contribution is 5.85. The Morgan fingerprint density at radius 1 is 1.27 bits per heavy atom. The summed E-state index contributed by atoms with van der Waals surface area (Å²) in [6.07, 6.45) is 15.2. The van der Waals surface area contributed by atoms with Crippen LogP contribution in [0.4, 0.5) is 4.39 Å². The van der Waals surface area contributed by atoms with E-state index in [-0.39, 0.29) is 5.82 Å². The number of nitrogens with zero attached hydrogens (tertiary/aromatic N) is 3. The van der Waals surface area contributed by atoms with Gasteiger partial charge in [-0.1, -0.05) is 19.8 Å². The third-order valence-electron chi connectivity index (χ3n) is 7.35. The first-order chi connectivity index (χ1) is 14.5. The Morgan fingerprint density at radius 3 is 2.73 bits per heavy atom. The van der Waals surface area contributed by atoms with Gasteiger partial charge in [-0.2, -0.15) is 0 Å². The van der Waals surface area contributed by atoms with Gasteiger partial charge in [0.15, 0.2) is 0 Å². The number of halogens is 1. The first-order valence-electron chi connectivity index (χ1n) is 11.5. The van der Waals surface area contributed by atoms with Crippen LogP contribution >= 0.6 is 0 Å². The minimum atomic E-state index is -0.160. The molecule has 1 N–H and O–H groups in total. The van der Waals surface area contributed by atoms with Gasteiger partial charge in [0.05, 0.1) is 6.33 Å². The molecule has 0 unspecified atom stereocenters. The molecule has 0 bridgehead atoms. The van der Waals surface area contributed by atoms with Crippen LogP contribution in [0.2, 0.25) is 0 Å². The van der Waals surface area contributed by atoms with E-state index < -0.39 is 0 Å². The van der Waals surface area contributed by atoms with Crippen LogP contribution in [0.1, 0.15) is 69.0 Å². The van der Waals surface area contributed by atoms with Crippen molar-refractivity contribution in [2.75, 3.05) is 14.1 Å². The normalized spacial score (nSPS) is 22.2. The zero-order chi connectivity index (χ0) is 21.1.